The summed E-state index contributed by atoms with van der Waals surface area (Å²) in [5.74, 6) is 1.27. The van der Waals surface area contributed by atoms with Gasteiger partial charge in [-0.15, -0.1) is 0 Å². The molecule has 106 valence electrons. The van der Waals surface area contributed by atoms with Gasteiger partial charge in [-0.05, 0) is 60.2 Å². The standard InChI is InChI=1S/C15H12ClIN4/c1-8-5-10(3-4-11(8)16)12-6-9(2)19-15(20-12)14-18-7-13(17)21-14/h3-7H,1-2H3,(H,18,21). The van der Waals surface area contributed by atoms with Crippen molar-refractivity contribution in [2.45, 2.75) is 13.8 Å². The van der Waals surface area contributed by atoms with Gasteiger partial charge in [-0.2, -0.15) is 0 Å². The molecule has 0 amide bonds. The van der Waals surface area contributed by atoms with Crippen molar-refractivity contribution in [3.63, 3.8) is 0 Å². The molecule has 0 saturated carbocycles. The van der Waals surface area contributed by atoms with E-state index in [4.69, 9.17) is 11.6 Å². The molecule has 0 fully saturated rings. The molecule has 3 rings (SSSR count). The van der Waals surface area contributed by atoms with E-state index in [1.54, 1.807) is 0 Å². The van der Waals surface area contributed by atoms with Gasteiger partial charge in [0.05, 0.1) is 5.69 Å². The SMILES string of the molecule is Cc1cc(-c2ccc(Cl)c(C)c2)nc(-c2nc(I)c[nH]2)n1. The Balaban J connectivity index is 2.11. The third-order valence-corrected chi connectivity index (χ3v) is 4.04. The Morgan fingerprint density at radius 2 is 1.90 bits per heavy atom. The minimum atomic E-state index is 0.598. The van der Waals surface area contributed by atoms with Crippen LogP contribution in [-0.2, 0) is 0 Å². The van der Waals surface area contributed by atoms with E-state index in [1.165, 1.54) is 0 Å². The van der Waals surface area contributed by atoms with Gasteiger partial charge in [-0.3, -0.25) is 0 Å². The van der Waals surface area contributed by atoms with Crippen LogP contribution in [0.25, 0.3) is 22.9 Å². The lowest BCUT2D eigenvalue weighted by molar-refractivity contribution is 1.08. The maximum atomic E-state index is 6.08. The molecule has 0 saturated heterocycles. The molecule has 1 N–H and O–H groups in total. The minimum Gasteiger partial charge on any atom is -0.341 e. The smallest absolute Gasteiger partial charge is 0.196 e. The van der Waals surface area contributed by atoms with Crippen LogP contribution < -0.4 is 0 Å². The molecule has 21 heavy (non-hydrogen) atoms. The molecule has 3 aromatic rings. The summed E-state index contributed by atoms with van der Waals surface area (Å²) in [5.41, 5.74) is 3.81. The number of hydrogen-bond acceptors (Lipinski definition) is 3. The van der Waals surface area contributed by atoms with Crippen LogP contribution in [0.15, 0.2) is 30.5 Å². The predicted molar refractivity (Wildman–Crippen MR) is 92.3 cm³/mol. The Bertz CT molecular complexity index is 813. The molecule has 0 aliphatic carbocycles. The molecule has 0 aliphatic rings. The number of benzene rings is 1. The molecule has 0 radical (unpaired) electrons. The number of hydrogen-bond donors (Lipinski definition) is 1. The van der Waals surface area contributed by atoms with Crippen molar-refractivity contribution < 1.29 is 0 Å². The molecule has 0 aliphatic heterocycles. The highest BCUT2D eigenvalue weighted by Crippen LogP contribution is 2.25. The first kappa shape index (κ1) is 14.5. The molecule has 0 unspecified atom stereocenters. The number of imidazole rings is 1. The monoisotopic (exact) mass is 410 g/mol. The van der Waals surface area contributed by atoms with Gasteiger partial charge in [0.1, 0.15) is 3.70 Å². The lowest BCUT2D eigenvalue weighted by Gasteiger charge is -2.06. The molecule has 6 heteroatoms. The second-order valence-electron chi connectivity index (χ2n) is 4.75. The molecule has 0 bridgehead atoms. The van der Waals surface area contributed by atoms with E-state index in [2.05, 4.69) is 42.5 Å². The van der Waals surface area contributed by atoms with Crippen LogP contribution in [0.3, 0.4) is 0 Å². The fourth-order valence-corrected chi connectivity index (χ4v) is 2.55. The van der Waals surface area contributed by atoms with Crippen molar-refractivity contribution in [2.75, 3.05) is 0 Å². The Labute approximate surface area is 141 Å². The number of rotatable bonds is 2. The van der Waals surface area contributed by atoms with Crippen molar-refractivity contribution in [3.8, 4) is 22.9 Å². The number of aromatic amines is 1. The van der Waals surface area contributed by atoms with Gasteiger partial charge in [0.25, 0.3) is 0 Å². The fourth-order valence-electron chi connectivity index (χ4n) is 2.04. The molecule has 0 spiro atoms. The summed E-state index contributed by atoms with van der Waals surface area (Å²) in [5, 5.41) is 0.755. The number of aryl methyl sites for hydroxylation is 2. The lowest BCUT2D eigenvalue weighted by Crippen LogP contribution is -1.96. The molecular weight excluding hydrogens is 399 g/mol. The van der Waals surface area contributed by atoms with Crippen LogP contribution in [0.4, 0.5) is 0 Å². The van der Waals surface area contributed by atoms with E-state index in [0.717, 1.165) is 31.2 Å². The van der Waals surface area contributed by atoms with Gasteiger partial charge in [-0.1, -0.05) is 17.7 Å². The van der Waals surface area contributed by atoms with Crippen molar-refractivity contribution >= 4 is 34.2 Å². The zero-order valence-corrected chi connectivity index (χ0v) is 14.4. The van der Waals surface area contributed by atoms with Crippen LogP contribution in [0.1, 0.15) is 11.3 Å². The van der Waals surface area contributed by atoms with E-state index in [1.807, 2.05) is 44.3 Å². The third kappa shape index (κ3) is 3.08. The minimum absolute atomic E-state index is 0.598. The summed E-state index contributed by atoms with van der Waals surface area (Å²) in [7, 11) is 0. The molecule has 2 aromatic heterocycles. The van der Waals surface area contributed by atoms with E-state index < -0.39 is 0 Å². The predicted octanol–water partition coefficient (Wildman–Crippen LogP) is 4.41. The van der Waals surface area contributed by atoms with Crippen LogP contribution in [0.2, 0.25) is 5.02 Å². The first-order valence-corrected chi connectivity index (χ1v) is 7.82. The van der Waals surface area contributed by atoms with Crippen LogP contribution in [0.5, 0.6) is 0 Å². The van der Waals surface area contributed by atoms with E-state index in [9.17, 15) is 0 Å². The van der Waals surface area contributed by atoms with Crippen molar-refractivity contribution in [2.24, 2.45) is 0 Å². The zero-order valence-electron chi connectivity index (χ0n) is 11.5. The molecule has 4 nitrogen and oxygen atoms in total. The fraction of sp³-hybridized carbons (Fsp3) is 0.133. The van der Waals surface area contributed by atoms with Crippen LogP contribution >= 0.6 is 34.2 Å². The topological polar surface area (TPSA) is 54.5 Å². The van der Waals surface area contributed by atoms with Crippen molar-refractivity contribution in [1.82, 2.24) is 19.9 Å². The van der Waals surface area contributed by atoms with Gasteiger partial charge >= 0.3 is 0 Å². The van der Waals surface area contributed by atoms with Gasteiger partial charge in [0.2, 0.25) is 0 Å². The second-order valence-corrected chi connectivity index (χ2v) is 6.27. The maximum absolute atomic E-state index is 6.08. The number of nitrogens with one attached hydrogen (secondary N) is 1. The van der Waals surface area contributed by atoms with Crippen molar-refractivity contribution in [1.29, 1.82) is 0 Å². The number of nitrogens with zero attached hydrogens (tertiary/aromatic N) is 3. The molecule has 2 heterocycles. The zero-order chi connectivity index (χ0) is 15.0. The largest absolute Gasteiger partial charge is 0.341 e. The quantitative estimate of drug-likeness (QED) is 0.637. The van der Waals surface area contributed by atoms with Gasteiger partial charge in [-0.25, -0.2) is 15.0 Å². The van der Waals surface area contributed by atoms with Gasteiger partial charge in [0.15, 0.2) is 11.6 Å². The first-order valence-electron chi connectivity index (χ1n) is 6.36. The second kappa shape index (κ2) is 5.73. The van der Waals surface area contributed by atoms with E-state index in [-0.39, 0.29) is 0 Å². The Morgan fingerprint density at radius 3 is 2.57 bits per heavy atom. The van der Waals surface area contributed by atoms with E-state index in [0.29, 0.717) is 11.6 Å². The Hall–Kier alpha value is -1.47. The number of aromatic nitrogens is 4. The highest BCUT2D eigenvalue weighted by molar-refractivity contribution is 14.1. The van der Waals surface area contributed by atoms with Crippen LogP contribution in [0, 0.1) is 17.5 Å². The highest BCUT2D eigenvalue weighted by Gasteiger charge is 2.10. The third-order valence-electron chi connectivity index (χ3n) is 3.07. The van der Waals surface area contributed by atoms with Gasteiger partial charge in [0, 0.05) is 22.5 Å². The molecular formula is C15H12ClIN4. The van der Waals surface area contributed by atoms with E-state index >= 15 is 0 Å². The summed E-state index contributed by atoms with van der Waals surface area (Å²) in [6.45, 7) is 3.93. The Kier molecular flexibility index (Phi) is 3.95. The normalized spacial score (nSPS) is 10.9. The summed E-state index contributed by atoms with van der Waals surface area (Å²) in [6, 6.07) is 7.84. The number of H-pyrrole nitrogens is 1. The summed E-state index contributed by atoms with van der Waals surface area (Å²) < 4.78 is 0.886. The van der Waals surface area contributed by atoms with Gasteiger partial charge < -0.3 is 4.98 Å². The first-order chi connectivity index (χ1) is 10.0. The summed E-state index contributed by atoms with van der Waals surface area (Å²) >= 11 is 8.23. The van der Waals surface area contributed by atoms with Crippen molar-refractivity contribution in [3.05, 3.63) is 50.4 Å². The van der Waals surface area contributed by atoms with Crippen LogP contribution in [-0.4, -0.2) is 19.9 Å². The average Bonchev–Trinajstić information content (AvgIpc) is 2.88. The average molecular weight is 411 g/mol. The number of halogens is 2. The Morgan fingerprint density at radius 1 is 1.10 bits per heavy atom. The maximum Gasteiger partial charge on any atom is 0.196 e. The lowest BCUT2D eigenvalue weighted by atomic mass is 10.1. The summed E-state index contributed by atoms with van der Waals surface area (Å²) in [4.78, 5) is 16.5. The molecule has 0 atom stereocenters. The highest BCUT2D eigenvalue weighted by atomic mass is 127. The molecule has 1 aromatic carbocycles. The summed E-state index contributed by atoms with van der Waals surface area (Å²) in [6.07, 6.45) is 1.83.